The standard InChI is InChI=1S/C12H13ClF3NO2.ClH/c13-8-5-7(10(17)11(18)6-1-2-6)3-4-9(8)19-12(14,15)16;/h3-6,10-11,18H,1-2,17H2;1H/t10-,11+;/m0./s1. The first-order valence-electron chi connectivity index (χ1n) is 5.77. The highest BCUT2D eigenvalue weighted by atomic mass is 35.5. The second-order valence-electron chi connectivity index (χ2n) is 4.59. The van der Waals surface area contributed by atoms with E-state index in [-0.39, 0.29) is 23.3 Å². The van der Waals surface area contributed by atoms with Crippen LogP contribution >= 0.6 is 24.0 Å². The van der Waals surface area contributed by atoms with Crippen LogP contribution in [0.3, 0.4) is 0 Å². The monoisotopic (exact) mass is 331 g/mol. The fourth-order valence-electron chi connectivity index (χ4n) is 1.86. The van der Waals surface area contributed by atoms with Crippen LogP contribution in [0.25, 0.3) is 0 Å². The molecule has 2 atom stereocenters. The number of alkyl halides is 3. The second-order valence-corrected chi connectivity index (χ2v) is 5.00. The number of ether oxygens (including phenoxy) is 1. The number of nitrogens with two attached hydrogens (primary N) is 1. The van der Waals surface area contributed by atoms with Crippen molar-refractivity contribution in [3.05, 3.63) is 28.8 Å². The Hall–Kier alpha value is -0.690. The van der Waals surface area contributed by atoms with Gasteiger partial charge in [-0.25, -0.2) is 0 Å². The summed E-state index contributed by atoms with van der Waals surface area (Å²) in [6.07, 6.45) is -3.67. The van der Waals surface area contributed by atoms with Crippen molar-refractivity contribution in [1.82, 2.24) is 0 Å². The molecule has 114 valence electrons. The minimum atomic E-state index is -4.79. The van der Waals surface area contributed by atoms with E-state index in [1.54, 1.807) is 0 Å². The maximum absolute atomic E-state index is 12.1. The Balaban J connectivity index is 0.00000200. The van der Waals surface area contributed by atoms with Crippen molar-refractivity contribution >= 4 is 24.0 Å². The maximum Gasteiger partial charge on any atom is 0.573 e. The number of aliphatic hydroxyl groups excluding tert-OH is 1. The van der Waals surface area contributed by atoms with Gasteiger partial charge in [0.15, 0.2) is 0 Å². The van der Waals surface area contributed by atoms with E-state index < -0.39 is 24.3 Å². The molecule has 1 saturated carbocycles. The molecule has 0 spiro atoms. The van der Waals surface area contributed by atoms with Gasteiger partial charge in [0.05, 0.1) is 17.2 Å². The number of benzene rings is 1. The second kappa shape index (κ2) is 6.39. The molecule has 0 radical (unpaired) electrons. The zero-order valence-corrected chi connectivity index (χ0v) is 11.8. The fraction of sp³-hybridized carbons (Fsp3) is 0.500. The van der Waals surface area contributed by atoms with E-state index in [9.17, 15) is 18.3 Å². The lowest BCUT2D eigenvalue weighted by Crippen LogP contribution is -2.27. The maximum atomic E-state index is 12.1. The smallest absolute Gasteiger partial charge is 0.404 e. The normalized spacial score (nSPS) is 18.1. The molecule has 1 aromatic carbocycles. The predicted molar refractivity (Wildman–Crippen MR) is 71.0 cm³/mol. The van der Waals surface area contributed by atoms with Crippen LogP contribution in [0, 0.1) is 5.92 Å². The molecule has 0 aliphatic heterocycles. The zero-order valence-electron chi connectivity index (χ0n) is 10.2. The summed E-state index contributed by atoms with van der Waals surface area (Å²) in [5.41, 5.74) is 6.34. The summed E-state index contributed by atoms with van der Waals surface area (Å²) in [4.78, 5) is 0. The van der Waals surface area contributed by atoms with Crippen molar-refractivity contribution in [2.45, 2.75) is 31.3 Å². The van der Waals surface area contributed by atoms with Crippen LogP contribution in [-0.2, 0) is 0 Å². The van der Waals surface area contributed by atoms with Gasteiger partial charge in [0.1, 0.15) is 5.75 Å². The molecular formula is C12H14Cl2F3NO2. The van der Waals surface area contributed by atoms with Crippen molar-refractivity contribution < 1.29 is 23.0 Å². The van der Waals surface area contributed by atoms with Crippen LogP contribution in [0.1, 0.15) is 24.4 Å². The van der Waals surface area contributed by atoms with Gasteiger partial charge in [-0.15, -0.1) is 25.6 Å². The quantitative estimate of drug-likeness (QED) is 0.888. The minimum Gasteiger partial charge on any atom is -0.404 e. The summed E-state index contributed by atoms with van der Waals surface area (Å²) in [5.74, 6) is -0.314. The molecule has 3 nitrogen and oxygen atoms in total. The summed E-state index contributed by atoms with van der Waals surface area (Å²) in [6.45, 7) is 0. The highest BCUT2D eigenvalue weighted by molar-refractivity contribution is 6.32. The summed E-state index contributed by atoms with van der Waals surface area (Å²) in [5, 5.41) is 9.69. The third-order valence-electron chi connectivity index (χ3n) is 3.04. The van der Waals surface area contributed by atoms with E-state index in [4.69, 9.17) is 17.3 Å². The Morgan fingerprint density at radius 3 is 2.40 bits per heavy atom. The van der Waals surface area contributed by atoms with Gasteiger partial charge in [0, 0.05) is 0 Å². The summed E-state index contributed by atoms with van der Waals surface area (Å²) in [6, 6.07) is 3.11. The Morgan fingerprint density at radius 1 is 1.35 bits per heavy atom. The fourth-order valence-corrected chi connectivity index (χ4v) is 2.09. The van der Waals surface area contributed by atoms with Gasteiger partial charge in [-0.05, 0) is 36.5 Å². The van der Waals surface area contributed by atoms with Crippen LogP contribution in [0.15, 0.2) is 18.2 Å². The number of halogens is 5. The van der Waals surface area contributed by atoms with Gasteiger partial charge in [0.2, 0.25) is 0 Å². The molecule has 0 unspecified atom stereocenters. The highest BCUT2D eigenvalue weighted by Crippen LogP contribution is 2.38. The average molecular weight is 332 g/mol. The number of hydrogen-bond donors (Lipinski definition) is 2. The molecule has 0 aromatic heterocycles. The van der Waals surface area contributed by atoms with Crippen molar-refractivity contribution in [3.8, 4) is 5.75 Å². The molecule has 0 bridgehead atoms. The van der Waals surface area contributed by atoms with E-state index in [1.807, 2.05) is 0 Å². The van der Waals surface area contributed by atoms with Crippen LogP contribution in [0.4, 0.5) is 13.2 Å². The van der Waals surface area contributed by atoms with Gasteiger partial charge in [-0.1, -0.05) is 17.7 Å². The van der Waals surface area contributed by atoms with Crippen molar-refractivity contribution in [2.75, 3.05) is 0 Å². The lowest BCUT2D eigenvalue weighted by atomic mass is 9.99. The van der Waals surface area contributed by atoms with Gasteiger partial charge in [0.25, 0.3) is 0 Å². The molecule has 1 fully saturated rings. The molecule has 1 aliphatic carbocycles. The highest BCUT2D eigenvalue weighted by Gasteiger charge is 2.35. The Morgan fingerprint density at radius 2 is 1.95 bits per heavy atom. The van der Waals surface area contributed by atoms with Crippen LogP contribution in [-0.4, -0.2) is 17.6 Å². The van der Waals surface area contributed by atoms with Gasteiger partial charge in [-0.3, -0.25) is 0 Å². The molecule has 2 rings (SSSR count). The number of hydrogen-bond acceptors (Lipinski definition) is 3. The third-order valence-corrected chi connectivity index (χ3v) is 3.33. The lowest BCUT2D eigenvalue weighted by molar-refractivity contribution is -0.274. The van der Waals surface area contributed by atoms with Gasteiger partial charge < -0.3 is 15.6 Å². The van der Waals surface area contributed by atoms with E-state index in [0.29, 0.717) is 5.56 Å². The number of aliphatic hydroxyl groups is 1. The first-order valence-corrected chi connectivity index (χ1v) is 6.14. The lowest BCUT2D eigenvalue weighted by Gasteiger charge is -2.19. The minimum absolute atomic E-state index is 0. The summed E-state index contributed by atoms with van der Waals surface area (Å²) >= 11 is 5.72. The predicted octanol–water partition coefficient (Wildman–Crippen LogP) is 3.43. The summed E-state index contributed by atoms with van der Waals surface area (Å²) < 4.78 is 40.0. The van der Waals surface area contributed by atoms with E-state index >= 15 is 0 Å². The SMILES string of the molecule is Cl.N[C@@H](c1ccc(OC(F)(F)F)c(Cl)c1)[C@H](O)C1CC1. The molecule has 3 N–H and O–H groups in total. The van der Waals surface area contributed by atoms with E-state index in [1.165, 1.54) is 12.1 Å². The average Bonchev–Trinajstić information content (AvgIpc) is 3.12. The number of rotatable bonds is 4. The molecule has 1 aliphatic rings. The van der Waals surface area contributed by atoms with Crippen molar-refractivity contribution in [1.29, 1.82) is 0 Å². The first-order chi connectivity index (χ1) is 8.78. The topological polar surface area (TPSA) is 55.5 Å². The third kappa shape index (κ3) is 4.41. The first kappa shape index (κ1) is 17.4. The van der Waals surface area contributed by atoms with Crippen LogP contribution in [0.2, 0.25) is 5.02 Å². The van der Waals surface area contributed by atoms with Crippen molar-refractivity contribution in [3.63, 3.8) is 0 Å². The van der Waals surface area contributed by atoms with E-state index in [2.05, 4.69) is 4.74 Å². The Labute approximate surface area is 125 Å². The van der Waals surface area contributed by atoms with E-state index in [0.717, 1.165) is 18.9 Å². The molecule has 0 saturated heterocycles. The molecule has 0 amide bonds. The summed E-state index contributed by atoms with van der Waals surface area (Å²) in [7, 11) is 0. The largest absolute Gasteiger partial charge is 0.573 e. The Bertz CT molecular complexity index is 467. The van der Waals surface area contributed by atoms with Crippen LogP contribution < -0.4 is 10.5 Å². The Kier molecular flexibility index (Phi) is 5.54. The van der Waals surface area contributed by atoms with Gasteiger partial charge >= 0.3 is 6.36 Å². The van der Waals surface area contributed by atoms with Gasteiger partial charge in [-0.2, -0.15) is 0 Å². The molecule has 20 heavy (non-hydrogen) atoms. The molecule has 0 heterocycles. The molecule has 8 heteroatoms. The van der Waals surface area contributed by atoms with Crippen LogP contribution in [0.5, 0.6) is 5.75 Å². The van der Waals surface area contributed by atoms with Crippen molar-refractivity contribution in [2.24, 2.45) is 11.7 Å². The molecule has 1 aromatic rings. The zero-order chi connectivity index (χ0) is 14.2. The molecular weight excluding hydrogens is 318 g/mol.